The van der Waals surface area contributed by atoms with Crippen molar-refractivity contribution >= 4 is 22.8 Å². The molecule has 2 aromatic rings. The Kier molecular flexibility index (Phi) is 5.84. The van der Waals surface area contributed by atoms with Crippen molar-refractivity contribution in [1.82, 2.24) is 14.5 Å². The third-order valence-electron chi connectivity index (χ3n) is 3.82. The largest absolute Gasteiger partial charge is 0.331 e. The van der Waals surface area contributed by atoms with Gasteiger partial charge in [0.15, 0.2) is 5.65 Å². The summed E-state index contributed by atoms with van der Waals surface area (Å²) in [7, 11) is 0. The molecular weight excluding hydrogens is 270 g/mol. The molecule has 20 heavy (non-hydrogen) atoms. The summed E-state index contributed by atoms with van der Waals surface area (Å²) in [6.07, 6.45) is 11.4. The molecule has 0 aromatic carbocycles. The van der Waals surface area contributed by atoms with Gasteiger partial charge < -0.3 is 4.57 Å². The predicted octanol–water partition coefficient (Wildman–Crippen LogP) is 5.08. The summed E-state index contributed by atoms with van der Waals surface area (Å²) in [6, 6.07) is 2.02. The number of halogens is 1. The second-order valence-electron chi connectivity index (χ2n) is 5.52. The highest BCUT2D eigenvalue weighted by molar-refractivity contribution is 6.29. The normalized spacial score (nSPS) is 11.6. The fraction of sp³-hybridized carbons (Fsp3) is 0.625. The van der Waals surface area contributed by atoms with Crippen LogP contribution in [0.25, 0.3) is 11.2 Å². The number of hydrogen-bond acceptors (Lipinski definition) is 2. The van der Waals surface area contributed by atoms with Gasteiger partial charge >= 0.3 is 0 Å². The van der Waals surface area contributed by atoms with Crippen molar-refractivity contribution in [3.63, 3.8) is 0 Å². The quantitative estimate of drug-likeness (QED) is 0.679. The van der Waals surface area contributed by atoms with Gasteiger partial charge in [-0.25, -0.2) is 9.97 Å². The minimum absolute atomic E-state index is 0.469. The van der Waals surface area contributed by atoms with E-state index < -0.39 is 0 Å². The maximum absolute atomic E-state index is 5.96. The molecule has 0 saturated carbocycles. The molecule has 0 atom stereocenters. The van der Waals surface area contributed by atoms with Crippen LogP contribution in [0.5, 0.6) is 0 Å². The van der Waals surface area contributed by atoms with E-state index in [2.05, 4.69) is 34.6 Å². The van der Waals surface area contributed by atoms with E-state index in [4.69, 9.17) is 11.6 Å². The van der Waals surface area contributed by atoms with Gasteiger partial charge in [0.1, 0.15) is 10.7 Å². The van der Waals surface area contributed by atoms with Crippen molar-refractivity contribution in [2.24, 2.45) is 5.92 Å². The Morgan fingerprint density at radius 2 is 1.90 bits per heavy atom. The molecule has 0 N–H and O–H groups in total. The van der Waals surface area contributed by atoms with Gasteiger partial charge in [0, 0.05) is 12.7 Å². The van der Waals surface area contributed by atoms with E-state index in [0.717, 1.165) is 23.6 Å². The SMILES string of the molecule is CCCCC(CCCC)Cn1ccc2ncc(Cl)nc21. The molecule has 0 saturated heterocycles. The first-order valence-electron chi connectivity index (χ1n) is 7.72. The molecule has 2 aromatic heterocycles. The summed E-state index contributed by atoms with van der Waals surface area (Å²) in [5.41, 5.74) is 1.84. The third-order valence-corrected chi connectivity index (χ3v) is 4.01. The summed E-state index contributed by atoms with van der Waals surface area (Å²) in [6.45, 7) is 5.54. The molecule has 0 radical (unpaired) electrons. The fourth-order valence-electron chi connectivity index (χ4n) is 2.67. The van der Waals surface area contributed by atoms with Crippen LogP contribution < -0.4 is 0 Å². The Hall–Kier alpha value is -1.09. The van der Waals surface area contributed by atoms with E-state index in [0.29, 0.717) is 5.15 Å². The molecule has 4 heteroatoms. The summed E-state index contributed by atoms with van der Waals surface area (Å²) in [5, 5.41) is 0.469. The molecule has 0 aliphatic heterocycles. The average Bonchev–Trinajstić information content (AvgIpc) is 2.84. The minimum atomic E-state index is 0.469. The molecule has 2 rings (SSSR count). The van der Waals surface area contributed by atoms with E-state index >= 15 is 0 Å². The van der Waals surface area contributed by atoms with Crippen molar-refractivity contribution in [2.75, 3.05) is 0 Å². The molecule has 0 aliphatic rings. The van der Waals surface area contributed by atoms with Crippen molar-refractivity contribution in [2.45, 2.75) is 58.9 Å². The molecule has 2 heterocycles. The summed E-state index contributed by atoms with van der Waals surface area (Å²) >= 11 is 5.96. The summed E-state index contributed by atoms with van der Waals surface area (Å²) < 4.78 is 2.21. The second-order valence-corrected chi connectivity index (χ2v) is 5.91. The zero-order chi connectivity index (χ0) is 14.4. The van der Waals surface area contributed by atoms with E-state index in [1.807, 2.05) is 6.07 Å². The smallest absolute Gasteiger partial charge is 0.160 e. The van der Waals surface area contributed by atoms with E-state index in [9.17, 15) is 0 Å². The summed E-state index contributed by atoms with van der Waals surface area (Å²) in [5.74, 6) is 0.728. The van der Waals surface area contributed by atoms with E-state index in [1.165, 1.54) is 38.5 Å². The van der Waals surface area contributed by atoms with Crippen LogP contribution in [0.1, 0.15) is 52.4 Å². The minimum Gasteiger partial charge on any atom is -0.331 e. The first-order chi connectivity index (χ1) is 9.74. The Morgan fingerprint density at radius 3 is 2.55 bits per heavy atom. The number of aromatic nitrogens is 3. The zero-order valence-corrected chi connectivity index (χ0v) is 13.2. The molecule has 0 fully saturated rings. The van der Waals surface area contributed by atoms with Crippen molar-refractivity contribution in [3.05, 3.63) is 23.6 Å². The standard InChI is InChI=1S/C16H24ClN3/c1-3-5-7-13(8-6-4-2)12-20-10-9-14-16(20)19-15(17)11-18-14/h9-11,13H,3-8,12H2,1-2H3. The Morgan fingerprint density at radius 1 is 1.20 bits per heavy atom. The van der Waals surface area contributed by atoms with E-state index in [-0.39, 0.29) is 0 Å². The van der Waals surface area contributed by atoms with Crippen LogP contribution in [-0.2, 0) is 6.54 Å². The zero-order valence-electron chi connectivity index (χ0n) is 12.5. The van der Waals surface area contributed by atoms with Gasteiger partial charge in [-0.3, -0.25) is 0 Å². The van der Waals surface area contributed by atoms with Gasteiger partial charge in [-0.05, 0) is 24.8 Å². The average molecular weight is 294 g/mol. The molecular formula is C16H24ClN3. The van der Waals surface area contributed by atoms with E-state index in [1.54, 1.807) is 6.20 Å². The highest BCUT2D eigenvalue weighted by Gasteiger charge is 2.12. The van der Waals surface area contributed by atoms with Crippen molar-refractivity contribution in [1.29, 1.82) is 0 Å². The number of rotatable bonds is 8. The highest BCUT2D eigenvalue weighted by Crippen LogP contribution is 2.21. The van der Waals surface area contributed by atoms with Crippen LogP contribution in [0.15, 0.2) is 18.5 Å². The topological polar surface area (TPSA) is 30.7 Å². The van der Waals surface area contributed by atoms with Gasteiger partial charge in [-0.1, -0.05) is 51.1 Å². The monoisotopic (exact) mass is 293 g/mol. The van der Waals surface area contributed by atoms with Crippen LogP contribution in [-0.4, -0.2) is 14.5 Å². The maximum atomic E-state index is 5.96. The molecule has 0 aliphatic carbocycles. The van der Waals surface area contributed by atoms with Crippen molar-refractivity contribution < 1.29 is 0 Å². The lowest BCUT2D eigenvalue weighted by atomic mass is 9.96. The van der Waals surface area contributed by atoms with Gasteiger partial charge in [0.05, 0.1) is 6.20 Å². The predicted molar refractivity (Wildman–Crippen MR) is 85.1 cm³/mol. The fourth-order valence-corrected chi connectivity index (χ4v) is 2.79. The number of nitrogens with zero attached hydrogens (tertiary/aromatic N) is 3. The molecule has 0 spiro atoms. The van der Waals surface area contributed by atoms with Gasteiger partial charge in [0.25, 0.3) is 0 Å². The molecule has 110 valence electrons. The van der Waals surface area contributed by atoms with Gasteiger partial charge in [-0.2, -0.15) is 0 Å². The van der Waals surface area contributed by atoms with Crippen LogP contribution in [0.3, 0.4) is 0 Å². The Bertz CT molecular complexity index is 528. The lowest BCUT2D eigenvalue weighted by Gasteiger charge is -2.17. The Labute approximate surface area is 126 Å². The number of hydrogen-bond donors (Lipinski definition) is 0. The summed E-state index contributed by atoms with van der Waals surface area (Å²) in [4.78, 5) is 8.73. The van der Waals surface area contributed by atoms with Crippen molar-refractivity contribution in [3.8, 4) is 0 Å². The van der Waals surface area contributed by atoms with Gasteiger partial charge in [-0.15, -0.1) is 0 Å². The van der Waals surface area contributed by atoms with Crippen LogP contribution in [0, 0.1) is 5.92 Å². The molecule has 3 nitrogen and oxygen atoms in total. The third kappa shape index (κ3) is 3.95. The second kappa shape index (κ2) is 7.63. The first-order valence-corrected chi connectivity index (χ1v) is 8.09. The number of unbranched alkanes of at least 4 members (excludes halogenated alkanes) is 2. The lowest BCUT2D eigenvalue weighted by molar-refractivity contribution is 0.371. The van der Waals surface area contributed by atoms with Crippen LogP contribution >= 0.6 is 11.6 Å². The Balaban J connectivity index is 2.12. The molecule has 0 amide bonds. The lowest BCUT2D eigenvalue weighted by Crippen LogP contribution is -2.11. The van der Waals surface area contributed by atoms with Gasteiger partial charge in [0.2, 0.25) is 0 Å². The number of fused-ring (bicyclic) bond motifs is 1. The maximum Gasteiger partial charge on any atom is 0.160 e. The molecule has 0 bridgehead atoms. The first kappa shape index (κ1) is 15.3. The highest BCUT2D eigenvalue weighted by atomic mass is 35.5. The van der Waals surface area contributed by atoms with Crippen LogP contribution in [0.4, 0.5) is 0 Å². The van der Waals surface area contributed by atoms with Crippen LogP contribution in [0.2, 0.25) is 5.15 Å². The molecule has 0 unspecified atom stereocenters.